The first-order chi connectivity index (χ1) is 17.0. The highest BCUT2D eigenvalue weighted by atomic mass is 16.5. The van der Waals surface area contributed by atoms with Gasteiger partial charge in [0.25, 0.3) is 0 Å². The van der Waals surface area contributed by atoms with Gasteiger partial charge in [0.2, 0.25) is 5.91 Å². The number of hydrogen-bond donors (Lipinski definition) is 0. The third-order valence-corrected chi connectivity index (χ3v) is 6.96. The van der Waals surface area contributed by atoms with Crippen molar-refractivity contribution in [3.63, 3.8) is 0 Å². The SMILES string of the molecule is COC(CN1CCN(C(=O)Cc2ccc(-n3cncn3)cc2)CC1)c1ccc2c(c1C)COC2=O. The number of cyclic esters (lactones) is 1. The summed E-state index contributed by atoms with van der Waals surface area (Å²) >= 11 is 0. The number of hydrogen-bond acceptors (Lipinski definition) is 7. The lowest BCUT2D eigenvalue weighted by Crippen LogP contribution is -2.50. The van der Waals surface area contributed by atoms with E-state index >= 15 is 0 Å². The lowest BCUT2D eigenvalue weighted by Gasteiger charge is -2.36. The Bertz CT molecular complexity index is 1200. The van der Waals surface area contributed by atoms with Crippen LogP contribution in [0.25, 0.3) is 5.69 Å². The Kier molecular flexibility index (Phi) is 6.61. The maximum Gasteiger partial charge on any atom is 0.338 e. The minimum absolute atomic E-state index is 0.109. The number of methoxy groups -OCH3 is 1. The Morgan fingerprint density at radius 1 is 1.11 bits per heavy atom. The van der Waals surface area contributed by atoms with E-state index in [9.17, 15) is 9.59 Å². The molecule has 1 amide bonds. The molecule has 1 fully saturated rings. The second-order valence-electron chi connectivity index (χ2n) is 8.97. The molecule has 35 heavy (non-hydrogen) atoms. The number of carbonyl (C=O) groups is 2. The summed E-state index contributed by atoms with van der Waals surface area (Å²) < 4.78 is 12.7. The summed E-state index contributed by atoms with van der Waals surface area (Å²) in [4.78, 5) is 33.0. The summed E-state index contributed by atoms with van der Waals surface area (Å²) in [6.45, 7) is 6.06. The first-order valence-electron chi connectivity index (χ1n) is 11.8. The Balaban J connectivity index is 1.15. The van der Waals surface area contributed by atoms with Crippen molar-refractivity contribution in [2.24, 2.45) is 0 Å². The molecule has 1 saturated heterocycles. The van der Waals surface area contributed by atoms with Crippen LogP contribution in [0.15, 0.2) is 49.1 Å². The molecule has 0 bridgehead atoms. The molecule has 3 aromatic rings. The quantitative estimate of drug-likeness (QED) is 0.485. The fourth-order valence-electron chi connectivity index (χ4n) is 4.83. The van der Waals surface area contributed by atoms with Crippen molar-refractivity contribution in [1.29, 1.82) is 0 Å². The van der Waals surface area contributed by atoms with Crippen LogP contribution in [0.3, 0.4) is 0 Å². The molecule has 9 nitrogen and oxygen atoms in total. The fourth-order valence-corrected chi connectivity index (χ4v) is 4.83. The summed E-state index contributed by atoms with van der Waals surface area (Å²) in [6, 6.07) is 11.6. The van der Waals surface area contributed by atoms with Gasteiger partial charge in [-0.1, -0.05) is 18.2 Å². The van der Waals surface area contributed by atoms with Gasteiger partial charge in [-0.3, -0.25) is 9.69 Å². The van der Waals surface area contributed by atoms with Crippen LogP contribution in [0.4, 0.5) is 0 Å². The van der Waals surface area contributed by atoms with Gasteiger partial charge in [-0.2, -0.15) is 5.10 Å². The number of aromatic nitrogens is 3. The first kappa shape index (κ1) is 23.2. The van der Waals surface area contributed by atoms with Crippen molar-refractivity contribution in [2.75, 3.05) is 39.8 Å². The molecule has 182 valence electrons. The van der Waals surface area contributed by atoms with Gasteiger partial charge in [0.15, 0.2) is 0 Å². The number of esters is 1. The van der Waals surface area contributed by atoms with Gasteiger partial charge >= 0.3 is 5.97 Å². The number of carbonyl (C=O) groups excluding carboxylic acids is 2. The average molecular weight is 476 g/mol. The average Bonchev–Trinajstić information content (AvgIpc) is 3.55. The molecule has 9 heteroatoms. The van der Waals surface area contributed by atoms with E-state index in [1.165, 1.54) is 6.33 Å². The van der Waals surface area contributed by atoms with E-state index in [2.05, 4.69) is 15.0 Å². The Hall–Kier alpha value is -3.56. The Morgan fingerprint density at radius 3 is 2.57 bits per heavy atom. The third-order valence-electron chi connectivity index (χ3n) is 6.96. The highest BCUT2D eigenvalue weighted by molar-refractivity contribution is 5.94. The number of rotatable bonds is 7. The van der Waals surface area contributed by atoms with E-state index in [4.69, 9.17) is 9.47 Å². The maximum absolute atomic E-state index is 12.9. The molecule has 2 aromatic carbocycles. The lowest BCUT2D eigenvalue weighted by atomic mass is 9.95. The standard InChI is InChI=1S/C26H29N5O4/c1-18-21(7-8-22-23(18)15-35-26(22)33)24(34-2)14-29-9-11-30(12-10-29)25(32)13-19-3-5-20(6-4-19)31-17-27-16-28-31/h3-8,16-17,24H,9-15H2,1-2H3. The molecule has 0 spiro atoms. The molecule has 0 saturated carbocycles. The van der Waals surface area contributed by atoms with Crippen LogP contribution in [0.1, 0.15) is 38.7 Å². The fraction of sp³-hybridized carbons (Fsp3) is 0.385. The van der Waals surface area contributed by atoms with Crippen molar-refractivity contribution >= 4 is 11.9 Å². The largest absolute Gasteiger partial charge is 0.457 e. The highest BCUT2D eigenvalue weighted by Crippen LogP contribution is 2.31. The topological polar surface area (TPSA) is 89.8 Å². The molecule has 2 aliphatic heterocycles. The smallest absolute Gasteiger partial charge is 0.338 e. The summed E-state index contributed by atoms with van der Waals surface area (Å²) in [7, 11) is 1.72. The summed E-state index contributed by atoms with van der Waals surface area (Å²) in [5.74, 6) is -0.115. The molecule has 0 aliphatic carbocycles. The predicted molar refractivity (Wildman–Crippen MR) is 128 cm³/mol. The van der Waals surface area contributed by atoms with Crippen LogP contribution in [0.5, 0.6) is 0 Å². The molecule has 1 atom stereocenters. The van der Waals surface area contributed by atoms with Gasteiger partial charge in [-0.25, -0.2) is 14.5 Å². The molecule has 1 unspecified atom stereocenters. The molecular formula is C26H29N5O4. The van der Waals surface area contributed by atoms with E-state index < -0.39 is 0 Å². The number of ether oxygens (including phenoxy) is 2. The van der Waals surface area contributed by atoms with E-state index in [0.717, 1.165) is 47.6 Å². The zero-order chi connectivity index (χ0) is 24.4. The molecule has 5 rings (SSSR count). The van der Waals surface area contributed by atoms with Gasteiger partial charge in [-0.05, 0) is 41.8 Å². The molecule has 1 aromatic heterocycles. The molecule has 0 N–H and O–H groups in total. The van der Waals surface area contributed by atoms with Crippen LogP contribution in [0.2, 0.25) is 0 Å². The predicted octanol–water partition coefficient (Wildman–Crippen LogP) is 2.32. The summed E-state index contributed by atoms with van der Waals surface area (Å²) in [5.41, 5.74) is 5.65. The number of amides is 1. The van der Waals surface area contributed by atoms with Crippen LogP contribution >= 0.6 is 0 Å². The second kappa shape index (κ2) is 9.97. The van der Waals surface area contributed by atoms with Crippen LogP contribution < -0.4 is 0 Å². The highest BCUT2D eigenvalue weighted by Gasteiger charge is 2.28. The van der Waals surface area contributed by atoms with Gasteiger partial charge in [-0.15, -0.1) is 0 Å². The molecule has 0 radical (unpaired) electrons. The number of benzene rings is 2. The first-order valence-corrected chi connectivity index (χ1v) is 11.8. The van der Waals surface area contributed by atoms with Crippen molar-refractivity contribution < 1.29 is 19.1 Å². The number of nitrogens with zero attached hydrogens (tertiary/aromatic N) is 5. The van der Waals surface area contributed by atoms with Gasteiger partial charge < -0.3 is 14.4 Å². The zero-order valence-corrected chi connectivity index (χ0v) is 20.0. The van der Waals surface area contributed by atoms with E-state index in [1.54, 1.807) is 18.1 Å². The van der Waals surface area contributed by atoms with Crippen molar-refractivity contribution in [3.8, 4) is 5.69 Å². The van der Waals surface area contributed by atoms with Gasteiger partial charge in [0.1, 0.15) is 19.3 Å². The normalized spacial score (nSPS) is 16.7. The monoisotopic (exact) mass is 475 g/mol. The zero-order valence-electron chi connectivity index (χ0n) is 20.0. The number of fused-ring (bicyclic) bond motifs is 1. The van der Waals surface area contributed by atoms with Crippen molar-refractivity contribution in [1.82, 2.24) is 24.6 Å². The molecular weight excluding hydrogens is 446 g/mol. The Morgan fingerprint density at radius 2 is 1.89 bits per heavy atom. The van der Waals surface area contributed by atoms with Crippen molar-refractivity contribution in [3.05, 3.63) is 76.9 Å². The van der Waals surface area contributed by atoms with E-state index in [-0.39, 0.29) is 18.0 Å². The molecule has 2 aliphatic rings. The minimum atomic E-state index is -0.254. The van der Waals surface area contributed by atoms with Crippen molar-refractivity contribution in [2.45, 2.75) is 26.1 Å². The molecule has 3 heterocycles. The van der Waals surface area contributed by atoms with Crippen LogP contribution in [0, 0.1) is 6.92 Å². The lowest BCUT2D eigenvalue weighted by molar-refractivity contribution is -0.132. The summed E-state index contributed by atoms with van der Waals surface area (Å²) in [6.07, 6.45) is 3.42. The number of piperazine rings is 1. The van der Waals surface area contributed by atoms with E-state index in [1.807, 2.05) is 48.2 Å². The van der Waals surface area contributed by atoms with Crippen LogP contribution in [-0.2, 0) is 27.3 Å². The second-order valence-corrected chi connectivity index (χ2v) is 8.97. The Labute approximate surface area is 204 Å². The van der Waals surface area contributed by atoms with Gasteiger partial charge in [0, 0.05) is 45.4 Å². The van der Waals surface area contributed by atoms with Gasteiger partial charge in [0.05, 0.1) is 23.8 Å². The third kappa shape index (κ3) is 4.82. The minimum Gasteiger partial charge on any atom is -0.457 e. The summed E-state index contributed by atoms with van der Waals surface area (Å²) in [5, 5.41) is 4.12. The maximum atomic E-state index is 12.9. The van der Waals surface area contributed by atoms with E-state index in [0.29, 0.717) is 31.7 Å². The van der Waals surface area contributed by atoms with Crippen LogP contribution in [-0.4, -0.2) is 76.3 Å².